The van der Waals surface area contributed by atoms with Gasteiger partial charge in [-0.15, -0.1) is 0 Å². The van der Waals surface area contributed by atoms with Gasteiger partial charge in [0.2, 0.25) is 0 Å². The van der Waals surface area contributed by atoms with E-state index in [0.717, 1.165) is 0 Å². The first-order valence-corrected chi connectivity index (χ1v) is 4.75. The van der Waals surface area contributed by atoms with Crippen molar-refractivity contribution < 1.29 is 28.6 Å². The Balaban J connectivity index is 4.47. The van der Waals surface area contributed by atoms with Crippen LogP contribution < -0.4 is 0 Å². The molecule has 6 heteroatoms. The molecule has 2 unspecified atom stereocenters. The summed E-state index contributed by atoms with van der Waals surface area (Å²) >= 11 is 0. The lowest BCUT2D eigenvalue weighted by molar-refractivity contribution is -0.167. The van der Waals surface area contributed by atoms with Gasteiger partial charge in [0.1, 0.15) is 0 Å². The molecule has 0 heterocycles. The fraction of sp³-hybridized carbons (Fsp3) is 0.700. The molecular weight excluding hydrogens is 216 g/mol. The number of rotatable bonds is 5. The summed E-state index contributed by atoms with van der Waals surface area (Å²) in [6.07, 6.45) is -1.03. The normalized spacial score (nSPS) is 13.5. The van der Waals surface area contributed by atoms with Crippen molar-refractivity contribution in [3.63, 3.8) is 0 Å². The zero-order chi connectivity index (χ0) is 12.7. The Labute approximate surface area is 93.8 Å². The second-order valence-corrected chi connectivity index (χ2v) is 3.28. The molecule has 0 aromatic heterocycles. The summed E-state index contributed by atoms with van der Waals surface area (Å²) in [6.45, 7) is 2.75. The highest BCUT2D eigenvalue weighted by atomic mass is 16.6. The summed E-state index contributed by atoms with van der Waals surface area (Å²) < 4.78 is 13.7. The predicted molar refractivity (Wildman–Crippen MR) is 53.4 cm³/mol. The van der Waals surface area contributed by atoms with Crippen molar-refractivity contribution in [1.82, 2.24) is 0 Å². The summed E-state index contributed by atoms with van der Waals surface area (Å²) in [5.41, 5.74) is 0. The molecule has 0 saturated carbocycles. The van der Waals surface area contributed by atoms with Gasteiger partial charge in [-0.1, -0.05) is 6.92 Å². The summed E-state index contributed by atoms with van der Waals surface area (Å²) in [6, 6.07) is 0. The van der Waals surface area contributed by atoms with E-state index in [4.69, 9.17) is 4.74 Å². The van der Waals surface area contributed by atoms with E-state index in [2.05, 4.69) is 9.47 Å². The Morgan fingerprint density at radius 3 is 1.94 bits per heavy atom. The second kappa shape index (κ2) is 6.81. The number of ether oxygens (including phenoxy) is 3. The molecule has 0 aromatic rings. The SMILES string of the molecule is COC(=O)C(C)CC(OC(C)=O)C(=O)OC. The number of methoxy groups -OCH3 is 2. The number of esters is 3. The zero-order valence-electron chi connectivity index (χ0n) is 9.81. The van der Waals surface area contributed by atoms with Crippen LogP contribution >= 0.6 is 0 Å². The quantitative estimate of drug-likeness (QED) is 0.500. The molecule has 92 valence electrons. The molecule has 16 heavy (non-hydrogen) atoms. The van der Waals surface area contributed by atoms with E-state index in [1.165, 1.54) is 21.1 Å². The highest BCUT2D eigenvalue weighted by Gasteiger charge is 2.28. The number of hydrogen-bond donors (Lipinski definition) is 0. The highest BCUT2D eigenvalue weighted by Crippen LogP contribution is 2.12. The number of hydrogen-bond acceptors (Lipinski definition) is 6. The van der Waals surface area contributed by atoms with Crippen LogP contribution in [0.15, 0.2) is 0 Å². The van der Waals surface area contributed by atoms with Crippen LogP contribution in [-0.2, 0) is 28.6 Å². The van der Waals surface area contributed by atoms with Crippen LogP contribution in [0.5, 0.6) is 0 Å². The largest absolute Gasteiger partial charge is 0.469 e. The predicted octanol–water partition coefficient (Wildman–Crippen LogP) is 0.290. The van der Waals surface area contributed by atoms with Crippen LogP contribution in [0.2, 0.25) is 0 Å². The fourth-order valence-corrected chi connectivity index (χ4v) is 1.14. The van der Waals surface area contributed by atoms with Gasteiger partial charge in [-0.05, 0) is 0 Å². The van der Waals surface area contributed by atoms with Crippen molar-refractivity contribution in [2.75, 3.05) is 14.2 Å². The van der Waals surface area contributed by atoms with E-state index in [1.54, 1.807) is 6.92 Å². The Bertz CT molecular complexity index is 272. The van der Waals surface area contributed by atoms with E-state index < -0.39 is 29.9 Å². The summed E-state index contributed by atoms with van der Waals surface area (Å²) in [5, 5.41) is 0. The third-order valence-electron chi connectivity index (χ3n) is 1.94. The maximum Gasteiger partial charge on any atom is 0.347 e. The van der Waals surface area contributed by atoms with Crippen LogP contribution in [0.1, 0.15) is 20.3 Å². The number of carbonyl (C=O) groups is 3. The van der Waals surface area contributed by atoms with Gasteiger partial charge in [-0.2, -0.15) is 0 Å². The molecular formula is C10H16O6. The molecule has 0 bridgehead atoms. The molecule has 0 rings (SSSR count). The molecule has 0 saturated heterocycles. The lowest BCUT2D eigenvalue weighted by atomic mass is 10.0. The third kappa shape index (κ3) is 4.77. The fourth-order valence-electron chi connectivity index (χ4n) is 1.14. The molecule has 6 nitrogen and oxygen atoms in total. The van der Waals surface area contributed by atoms with Crippen LogP contribution in [-0.4, -0.2) is 38.2 Å². The first-order chi connectivity index (χ1) is 7.42. The van der Waals surface area contributed by atoms with Gasteiger partial charge in [-0.25, -0.2) is 4.79 Å². The van der Waals surface area contributed by atoms with Crippen molar-refractivity contribution in [2.45, 2.75) is 26.4 Å². The van der Waals surface area contributed by atoms with E-state index in [9.17, 15) is 14.4 Å². The molecule has 0 spiro atoms. The van der Waals surface area contributed by atoms with Crippen LogP contribution in [0, 0.1) is 5.92 Å². The molecule has 0 aliphatic rings. The average Bonchev–Trinajstić information content (AvgIpc) is 2.25. The molecule has 0 fully saturated rings. The van der Waals surface area contributed by atoms with Crippen molar-refractivity contribution in [3.05, 3.63) is 0 Å². The van der Waals surface area contributed by atoms with E-state index >= 15 is 0 Å². The highest BCUT2D eigenvalue weighted by molar-refractivity contribution is 5.80. The van der Waals surface area contributed by atoms with Crippen LogP contribution in [0.25, 0.3) is 0 Å². The molecule has 0 amide bonds. The van der Waals surface area contributed by atoms with Gasteiger partial charge in [0.05, 0.1) is 20.1 Å². The minimum atomic E-state index is -1.07. The van der Waals surface area contributed by atoms with Crippen LogP contribution in [0.3, 0.4) is 0 Å². The topological polar surface area (TPSA) is 78.9 Å². The van der Waals surface area contributed by atoms with Gasteiger partial charge in [-0.3, -0.25) is 9.59 Å². The van der Waals surface area contributed by atoms with Crippen molar-refractivity contribution >= 4 is 17.9 Å². The minimum absolute atomic E-state index is 0.0406. The summed E-state index contributed by atoms with van der Waals surface area (Å²) in [5.74, 6) is -2.31. The number of carbonyl (C=O) groups excluding carboxylic acids is 3. The minimum Gasteiger partial charge on any atom is -0.469 e. The Kier molecular flexibility index (Phi) is 6.14. The first-order valence-electron chi connectivity index (χ1n) is 4.75. The molecule has 0 aliphatic heterocycles. The molecule has 0 N–H and O–H groups in total. The Hall–Kier alpha value is -1.59. The van der Waals surface area contributed by atoms with E-state index in [1.807, 2.05) is 0 Å². The van der Waals surface area contributed by atoms with Gasteiger partial charge >= 0.3 is 17.9 Å². The van der Waals surface area contributed by atoms with Gasteiger partial charge in [0.15, 0.2) is 6.10 Å². The summed E-state index contributed by atoms with van der Waals surface area (Å²) in [7, 11) is 2.43. The first kappa shape index (κ1) is 14.4. The second-order valence-electron chi connectivity index (χ2n) is 3.28. The van der Waals surface area contributed by atoms with Crippen molar-refractivity contribution in [3.8, 4) is 0 Å². The van der Waals surface area contributed by atoms with Gasteiger partial charge in [0, 0.05) is 13.3 Å². The third-order valence-corrected chi connectivity index (χ3v) is 1.94. The Morgan fingerprint density at radius 1 is 1.06 bits per heavy atom. The average molecular weight is 232 g/mol. The zero-order valence-corrected chi connectivity index (χ0v) is 9.81. The molecule has 2 atom stereocenters. The maximum atomic E-state index is 11.2. The summed E-state index contributed by atoms with van der Waals surface area (Å²) in [4.78, 5) is 33.1. The Morgan fingerprint density at radius 2 is 1.56 bits per heavy atom. The maximum absolute atomic E-state index is 11.2. The smallest absolute Gasteiger partial charge is 0.347 e. The van der Waals surface area contributed by atoms with Crippen molar-refractivity contribution in [2.24, 2.45) is 5.92 Å². The molecule has 0 radical (unpaired) electrons. The monoisotopic (exact) mass is 232 g/mol. The lowest BCUT2D eigenvalue weighted by Gasteiger charge is -2.17. The van der Waals surface area contributed by atoms with Crippen molar-refractivity contribution in [1.29, 1.82) is 0 Å². The molecule has 0 aliphatic carbocycles. The standard InChI is InChI=1S/C10H16O6/c1-6(9(12)14-3)5-8(10(13)15-4)16-7(2)11/h6,8H,5H2,1-4H3. The van der Waals surface area contributed by atoms with Gasteiger partial charge in [0.25, 0.3) is 0 Å². The lowest BCUT2D eigenvalue weighted by Crippen LogP contribution is -2.31. The van der Waals surface area contributed by atoms with Gasteiger partial charge < -0.3 is 14.2 Å². The van der Waals surface area contributed by atoms with E-state index in [-0.39, 0.29) is 6.42 Å². The van der Waals surface area contributed by atoms with E-state index in [0.29, 0.717) is 0 Å². The molecule has 0 aromatic carbocycles. The van der Waals surface area contributed by atoms with Crippen LogP contribution in [0.4, 0.5) is 0 Å².